The van der Waals surface area contributed by atoms with Crippen molar-refractivity contribution in [2.45, 2.75) is 0 Å². The van der Waals surface area contributed by atoms with Crippen LogP contribution >= 0.6 is 0 Å². The van der Waals surface area contributed by atoms with Crippen LogP contribution in [0.15, 0.2) is 0 Å². The predicted molar refractivity (Wildman–Crippen MR) is 10.3 cm³/mol. The Morgan fingerprint density at radius 1 is 1.60 bits per heavy atom. The minimum absolute atomic E-state index is 0. The first kappa shape index (κ1) is 16.8. The maximum Gasteiger partial charge on any atom is 1.00 e. The Bertz CT molecular complexity index is 19.1. The summed E-state index contributed by atoms with van der Waals surface area (Å²) in [6, 6.07) is 0. The monoisotopic (exact) mass is 147 g/mol. The molecule has 0 aliphatic carbocycles. The Morgan fingerprint density at radius 3 is 1.60 bits per heavy atom. The van der Waals surface area contributed by atoms with Crippen LogP contribution in [0.5, 0.6) is 0 Å². The Balaban J connectivity index is -0.0000000200. The second-order valence-corrected chi connectivity index (χ2v) is 0.136. The van der Waals surface area contributed by atoms with Gasteiger partial charge in [-0.1, -0.05) is 0 Å². The van der Waals surface area contributed by atoms with Gasteiger partial charge in [-0.25, -0.2) is 0 Å². The van der Waals surface area contributed by atoms with Crippen molar-refractivity contribution in [1.29, 1.82) is 0 Å². The summed E-state index contributed by atoms with van der Waals surface area (Å²) in [5.41, 5.74) is 4.17. The molecule has 0 aliphatic heterocycles. The number of primary amides is 1. The largest absolute Gasteiger partial charge is 1.00 e. The molecule has 26 valence electrons. The predicted octanol–water partition coefficient (Wildman–Crippen LogP) is -6.89. The van der Waals surface area contributed by atoms with Crippen LogP contribution in [-0.4, -0.2) is 6.41 Å². The van der Waals surface area contributed by atoms with Gasteiger partial charge in [-0.2, -0.15) is 0 Å². The molecule has 0 rings (SSSR count). The molecular weight excluding hydrogens is 145 g/mol. The van der Waals surface area contributed by atoms with E-state index in [4.69, 9.17) is 4.79 Å². The molecule has 0 radical (unpaired) electrons. The van der Waals surface area contributed by atoms with E-state index in [-0.39, 0.29) is 52.9 Å². The third-order valence-corrected chi connectivity index (χ3v) is 0. The van der Waals surface area contributed by atoms with E-state index in [0.29, 0.717) is 0 Å². The number of hydrogen-bond donors (Lipinski definition) is 1. The molecule has 4 heteroatoms. The van der Waals surface area contributed by atoms with Gasteiger partial charge in [0.25, 0.3) is 0 Å². The fourth-order valence-corrected chi connectivity index (χ4v) is 0. The Morgan fingerprint density at radius 2 is 1.60 bits per heavy atom. The van der Waals surface area contributed by atoms with Crippen molar-refractivity contribution in [1.82, 2.24) is 0 Å². The van der Waals surface area contributed by atoms with Crippen LogP contribution in [0.3, 0.4) is 0 Å². The van der Waals surface area contributed by atoms with E-state index in [1.807, 2.05) is 0 Å². The van der Waals surface area contributed by atoms with E-state index in [0.717, 1.165) is 0 Å². The molecule has 1 amide bonds. The van der Waals surface area contributed by atoms with Gasteiger partial charge < -0.3 is 22.7 Å². The fourth-order valence-electron chi connectivity index (χ4n) is 0. The molecule has 0 saturated carbocycles. The van der Waals surface area contributed by atoms with Gasteiger partial charge in [-0.05, 0) is 0 Å². The molecule has 2 nitrogen and oxygen atoms in total. The number of carbonyl (C=O) groups excluding carboxylic acids is 1. The molecule has 0 aromatic carbocycles. The first-order chi connectivity index (χ1) is 1.41. The van der Waals surface area contributed by atoms with Gasteiger partial charge in [-0.15, -0.1) is 0 Å². The topological polar surface area (TPSA) is 43.1 Å². The van der Waals surface area contributed by atoms with Crippen LogP contribution in [0.2, 0.25) is 0 Å². The van der Waals surface area contributed by atoms with E-state index in [9.17, 15) is 0 Å². The van der Waals surface area contributed by atoms with E-state index in [1.54, 1.807) is 0 Å². The molecule has 0 unspecified atom stereocenters. The quantitative estimate of drug-likeness (QED) is 0.269. The summed E-state index contributed by atoms with van der Waals surface area (Å²) in [6.45, 7) is 0. The molecule has 0 aliphatic rings. The van der Waals surface area contributed by atoms with Crippen molar-refractivity contribution in [2.75, 3.05) is 0 Å². The summed E-state index contributed by atoms with van der Waals surface area (Å²) in [5.74, 6) is 0. The second-order valence-electron chi connectivity index (χ2n) is 0.136. The van der Waals surface area contributed by atoms with Gasteiger partial charge >= 0.3 is 29.6 Å². The summed E-state index contributed by atoms with van der Waals surface area (Å²) in [5, 5.41) is 0. The Hall–Kier alpha value is 0.950. The Kier molecular flexibility index (Phi) is 68.1. The van der Waals surface area contributed by atoms with Gasteiger partial charge in [-0.3, -0.25) is 4.79 Å². The molecule has 0 spiro atoms. The molecule has 0 saturated heterocycles. The third kappa shape index (κ3) is 47.7. The summed E-state index contributed by atoms with van der Waals surface area (Å²) < 4.78 is 0. The maximum atomic E-state index is 8.58. The average molecular weight is 148 g/mol. The van der Waals surface area contributed by atoms with Gasteiger partial charge in [0.05, 0.1) is 0 Å². The zero-order valence-corrected chi connectivity index (χ0v) is 6.53. The van der Waals surface area contributed by atoms with Crippen molar-refractivity contribution in [3.63, 3.8) is 0 Å². The van der Waals surface area contributed by atoms with Crippen molar-refractivity contribution in [2.24, 2.45) is 5.73 Å². The average Bonchev–Trinajstić information content (AvgIpc) is 0.918. The number of amides is 1. The molecule has 0 aromatic heterocycles. The van der Waals surface area contributed by atoms with E-state index < -0.39 is 0 Å². The van der Waals surface area contributed by atoms with E-state index in [1.165, 1.54) is 0 Å². The van der Waals surface area contributed by atoms with Gasteiger partial charge in [0.1, 0.15) is 0 Å². The van der Waals surface area contributed by atoms with Crippen LogP contribution in [0.4, 0.5) is 0 Å². The van der Waals surface area contributed by atoms with Crippen LogP contribution < -0.4 is 52.3 Å². The summed E-state index contributed by atoms with van der Waals surface area (Å²) in [7, 11) is 0. The zero-order chi connectivity index (χ0) is 2.71. The number of nitrogens with two attached hydrogens (primary N) is 1. The van der Waals surface area contributed by atoms with Crippen molar-refractivity contribution < 1.29 is 51.3 Å². The molecule has 0 atom stereocenters. The van der Waals surface area contributed by atoms with Crippen molar-refractivity contribution in [3.05, 3.63) is 0 Å². The zero-order valence-electron chi connectivity index (χ0n) is 2.94. The SMILES string of the molecule is NC=O.[Br-].[Na+]. The van der Waals surface area contributed by atoms with Gasteiger partial charge in [0.2, 0.25) is 6.41 Å². The first-order valence-corrected chi connectivity index (χ1v) is 0.569. The summed E-state index contributed by atoms with van der Waals surface area (Å²) >= 11 is 0. The smallest absolute Gasteiger partial charge is 1.00 e. The van der Waals surface area contributed by atoms with Crippen LogP contribution in [0.25, 0.3) is 0 Å². The fraction of sp³-hybridized carbons (Fsp3) is 0. The summed E-state index contributed by atoms with van der Waals surface area (Å²) in [6.07, 6.45) is 0.250. The number of halogens is 1. The van der Waals surface area contributed by atoms with Crippen LogP contribution in [0.1, 0.15) is 0 Å². The van der Waals surface area contributed by atoms with Crippen LogP contribution in [-0.2, 0) is 4.79 Å². The van der Waals surface area contributed by atoms with E-state index >= 15 is 0 Å². The van der Waals surface area contributed by atoms with Gasteiger partial charge in [0, 0.05) is 0 Å². The number of rotatable bonds is 0. The minimum Gasteiger partial charge on any atom is -1.00 e. The first-order valence-electron chi connectivity index (χ1n) is 0.569. The second kappa shape index (κ2) is 20.3. The maximum absolute atomic E-state index is 8.58. The molecule has 0 aromatic rings. The molecule has 5 heavy (non-hydrogen) atoms. The van der Waals surface area contributed by atoms with E-state index in [2.05, 4.69) is 5.73 Å². The van der Waals surface area contributed by atoms with Crippen molar-refractivity contribution >= 4 is 6.41 Å². The Labute approximate surface area is 63.2 Å². The molecule has 2 N–H and O–H groups in total. The number of carbonyl (C=O) groups is 1. The van der Waals surface area contributed by atoms with Gasteiger partial charge in [0.15, 0.2) is 0 Å². The van der Waals surface area contributed by atoms with Crippen LogP contribution in [0, 0.1) is 0 Å². The third-order valence-electron chi connectivity index (χ3n) is 0. The minimum atomic E-state index is 0. The van der Waals surface area contributed by atoms with Crippen molar-refractivity contribution in [3.8, 4) is 0 Å². The molecule has 0 fully saturated rings. The number of hydrogen-bond acceptors (Lipinski definition) is 1. The molecule has 0 bridgehead atoms. The molecular formula is CH3BrNNaO. The standard InChI is InChI=1S/CH3NO.BrH.Na/c2-1-3;;/h1H,(H2,2,3);1H;/q;;+1/p-1. The molecule has 0 heterocycles. The summed E-state index contributed by atoms with van der Waals surface area (Å²) in [4.78, 5) is 8.58. The normalized spacial score (nSPS) is 2.40.